The van der Waals surface area contributed by atoms with Crippen molar-refractivity contribution < 1.29 is 25.0 Å². The average molecular weight is 184 g/mol. The Balaban J connectivity index is 0. The maximum Gasteiger partial charge on any atom is 1.00 e. The summed E-state index contributed by atoms with van der Waals surface area (Å²) < 4.78 is 0. The van der Waals surface area contributed by atoms with E-state index in [9.17, 15) is 0 Å². The Labute approximate surface area is 55.8 Å². The van der Waals surface area contributed by atoms with Gasteiger partial charge in [0.25, 0.3) is 0 Å². The van der Waals surface area contributed by atoms with Crippen LogP contribution in [0.5, 0.6) is 0 Å². The van der Waals surface area contributed by atoms with Crippen molar-refractivity contribution in [3.8, 4) is 0 Å². The molecule has 1 aromatic rings. The fourth-order valence-electron chi connectivity index (χ4n) is 0.321. The van der Waals surface area contributed by atoms with Gasteiger partial charge in [0.05, 0.1) is 0 Å². The molecule has 0 saturated carbocycles. The Morgan fingerprint density at radius 2 is 1.43 bits per heavy atom. The molecule has 7 heavy (non-hydrogen) atoms. The Morgan fingerprint density at radius 3 is 1.57 bits per heavy atom. The molecule has 1 aromatic carbocycles. The van der Waals surface area contributed by atoms with Crippen LogP contribution in [0.1, 0.15) is 0 Å². The average Bonchev–Trinajstić information content (AvgIpc) is 1.76. The predicted octanol–water partition coefficient (Wildman–Crippen LogP) is 0.578. The molecule has 0 aromatic heterocycles. The summed E-state index contributed by atoms with van der Waals surface area (Å²) in [6.45, 7) is 0. The van der Waals surface area contributed by atoms with Gasteiger partial charge < -0.3 is 5.48 Å². The second-order valence-corrected chi connectivity index (χ2v) is 0.962. The zero-order valence-electron chi connectivity index (χ0n) is 3.74. The van der Waals surface area contributed by atoms with E-state index in [1.807, 2.05) is 30.3 Å². The minimum absolute atomic E-state index is 0. The summed E-state index contributed by atoms with van der Waals surface area (Å²) >= 11 is 0. The van der Waals surface area contributed by atoms with Crippen LogP contribution in [0.3, 0.4) is 0 Å². The molecule has 0 atom stereocenters. The van der Waals surface area contributed by atoms with Gasteiger partial charge in [-0.05, 0) is 0 Å². The molecule has 0 aliphatic heterocycles. The third-order valence-electron chi connectivity index (χ3n) is 0.556. The summed E-state index contributed by atoms with van der Waals surface area (Å²) in [4.78, 5) is 0. The number of hydrogen-bond acceptors (Lipinski definition) is 0. The molecule has 0 unspecified atom stereocenters. The Bertz CT molecular complexity index is 64.6. The topological polar surface area (TPSA) is 31.5 Å². The first kappa shape index (κ1) is 10.0. The van der Waals surface area contributed by atoms with Crippen LogP contribution in [0.2, 0.25) is 0 Å². The fraction of sp³-hybridized carbons (Fsp3) is 0. The van der Waals surface area contributed by atoms with E-state index in [1.165, 1.54) is 0 Å². The Morgan fingerprint density at radius 1 is 1.00 bits per heavy atom. The zero-order valence-corrected chi connectivity index (χ0v) is 5.48. The van der Waals surface area contributed by atoms with Gasteiger partial charge in [-0.3, -0.25) is 0 Å². The van der Waals surface area contributed by atoms with E-state index in [0.717, 1.165) is 0 Å². The van der Waals surface area contributed by atoms with Crippen LogP contribution < -0.4 is 0 Å². The molecule has 1 nitrogen and oxygen atoms in total. The first-order valence-electron chi connectivity index (χ1n) is 1.67. The second-order valence-electron chi connectivity index (χ2n) is 0.962. The fourth-order valence-corrected chi connectivity index (χ4v) is 0.321. The van der Waals surface area contributed by atoms with Gasteiger partial charge in [0, 0.05) is 0 Å². The van der Waals surface area contributed by atoms with Gasteiger partial charge in [0.2, 0.25) is 0 Å². The van der Waals surface area contributed by atoms with Gasteiger partial charge in [0.15, 0.2) is 0 Å². The van der Waals surface area contributed by atoms with Gasteiger partial charge in [-0.25, -0.2) is 12.1 Å². The molecule has 0 fully saturated rings. The van der Waals surface area contributed by atoms with Gasteiger partial charge in [-0.15, -0.1) is 0 Å². The molecule has 1 radical (unpaired) electrons. The van der Waals surface area contributed by atoms with Crippen molar-refractivity contribution in [3.63, 3.8) is 0 Å². The summed E-state index contributed by atoms with van der Waals surface area (Å²) in [5.74, 6) is 0. The third kappa shape index (κ3) is 3.77. The molecule has 1 rings (SSSR count). The molecule has 2 N–H and O–H groups in total. The van der Waals surface area contributed by atoms with E-state index in [0.29, 0.717) is 0 Å². The van der Waals surface area contributed by atoms with Crippen LogP contribution in [-0.4, -0.2) is 5.48 Å². The Kier molecular flexibility index (Phi) is 8.50. The van der Waals surface area contributed by atoms with Crippen LogP contribution >= 0.6 is 0 Å². The minimum atomic E-state index is 0. The molecule has 0 bridgehead atoms. The molecule has 0 heterocycles. The summed E-state index contributed by atoms with van der Waals surface area (Å²) in [5, 5.41) is 0. The van der Waals surface area contributed by atoms with Gasteiger partial charge >= 0.3 is 19.5 Å². The molecule has 2 heteroatoms. The van der Waals surface area contributed by atoms with E-state index in [1.54, 1.807) is 0 Å². The van der Waals surface area contributed by atoms with Crippen LogP contribution in [0, 0.1) is 0 Å². The smallest absolute Gasteiger partial charge is 0.412 e. The van der Waals surface area contributed by atoms with Crippen molar-refractivity contribution in [2.24, 2.45) is 0 Å². The van der Waals surface area contributed by atoms with Crippen LogP contribution in [0.25, 0.3) is 0 Å². The first-order chi connectivity index (χ1) is 2.50. The molecule has 0 spiro atoms. The van der Waals surface area contributed by atoms with Gasteiger partial charge in [-0.1, -0.05) is 0 Å². The zero-order chi connectivity index (χ0) is 3.54. The second kappa shape index (κ2) is 5.93. The van der Waals surface area contributed by atoms with E-state index >= 15 is 0 Å². The molecule has 0 saturated heterocycles. The predicted molar refractivity (Wildman–Crippen MR) is 25.6 cm³/mol. The molecule has 0 aliphatic rings. The monoisotopic (exact) mass is 185 g/mol. The first-order valence-corrected chi connectivity index (χ1v) is 1.67. The number of hydrogen-bond donors (Lipinski definition) is 0. The summed E-state index contributed by atoms with van der Waals surface area (Å²) in [7, 11) is 0. The van der Waals surface area contributed by atoms with Gasteiger partial charge in [-0.2, -0.15) is 18.2 Å². The van der Waals surface area contributed by atoms with Crippen molar-refractivity contribution in [1.29, 1.82) is 0 Å². The standard InChI is InChI=1S/C5H5.H2O.Ru/c1-2-4-5-3-1;;/h1-5H;1H2;/q-1;;+1. The van der Waals surface area contributed by atoms with Crippen LogP contribution in [0.4, 0.5) is 0 Å². The largest absolute Gasteiger partial charge is 1.00 e. The molecular formula is C5H7ORu. The van der Waals surface area contributed by atoms with Gasteiger partial charge in [0.1, 0.15) is 0 Å². The van der Waals surface area contributed by atoms with Crippen LogP contribution in [-0.2, 0) is 19.5 Å². The van der Waals surface area contributed by atoms with Crippen LogP contribution in [0.15, 0.2) is 30.3 Å². The van der Waals surface area contributed by atoms with E-state index in [-0.39, 0.29) is 25.0 Å². The van der Waals surface area contributed by atoms with E-state index in [2.05, 4.69) is 0 Å². The maximum atomic E-state index is 2.00. The van der Waals surface area contributed by atoms with Crippen molar-refractivity contribution in [1.82, 2.24) is 0 Å². The van der Waals surface area contributed by atoms with Crippen molar-refractivity contribution in [3.05, 3.63) is 30.3 Å². The van der Waals surface area contributed by atoms with Crippen molar-refractivity contribution in [2.75, 3.05) is 0 Å². The van der Waals surface area contributed by atoms with E-state index in [4.69, 9.17) is 0 Å². The summed E-state index contributed by atoms with van der Waals surface area (Å²) in [6, 6.07) is 10.0. The Hall–Kier alpha value is -0.0666. The molecule has 41 valence electrons. The van der Waals surface area contributed by atoms with Crippen molar-refractivity contribution >= 4 is 0 Å². The SMILES string of the molecule is O.[Ru+].c1cc[cH-]c1. The third-order valence-corrected chi connectivity index (χ3v) is 0.556. The van der Waals surface area contributed by atoms with E-state index < -0.39 is 0 Å². The number of rotatable bonds is 0. The minimum Gasteiger partial charge on any atom is -0.412 e. The molecule has 0 amide bonds. The normalized spacial score (nSPS) is 5.71. The maximum absolute atomic E-state index is 2.00. The summed E-state index contributed by atoms with van der Waals surface area (Å²) in [6.07, 6.45) is 0. The summed E-state index contributed by atoms with van der Waals surface area (Å²) in [5.41, 5.74) is 0. The van der Waals surface area contributed by atoms with Crippen molar-refractivity contribution in [2.45, 2.75) is 0 Å². The molecular weight excluding hydrogens is 177 g/mol. The molecule has 0 aliphatic carbocycles. The quantitative estimate of drug-likeness (QED) is 0.417.